The molecule has 11 heavy (non-hydrogen) atoms. The number of aromatic nitrogens is 3. The van der Waals surface area contributed by atoms with Crippen LogP contribution in [0.1, 0.15) is 0 Å². The lowest BCUT2D eigenvalue weighted by Crippen LogP contribution is -1.83. The lowest BCUT2D eigenvalue weighted by Gasteiger charge is -1.85. The quantitative estimate of drug-likeness (QED) is 0.641. The normalized spacial score (nSPS) is 10.3. The molecule has 0 radical (unpaired) electrons. The summed E-state index contributed by atoms with van der Waals surface area (Å²) in [7, 11) is 1.91. The number of hydrogen-bond acceptors (Lipinski definition) is 3. The molecule has 2 aromatic heterocycles. The molecule has 2 rings (SSSR count). The van der Waals surface area contributed by atoms with Gasteiger partial charge in [-0.25, -0.2) is 4.37 Å². The predicted octanol–water partition coefficient (Wildman–Crippen LogP) is 1.54. The maximum Gasteiger partial charge on any atom is 0.0569 e. The molecular weight excluding hydrogens is 158 g/mol. The largest absolute Gasteiger partial charge is 0.275 e. The molecular formula is C7H7N3S. The van der Waals surface area contributed by atoms with E-state index in [0.29, 0.717) is 0 Å². The molecule has 0 aliphatic carbocycles. The number of rotatable bonds is 1. The number of hydrogen-bond donors (Lipinski definition) is 0. The van der Waals surface area contributed by atoms with Gasteiger partial charge in [0, 0.05) is 35.9 Å². The Morgan fingerprint density at radius 3 is 2.82 bits per heavy atom. The van der Waals surface area contributed by atoms with Gasteiger partial charge in [-0.2, -0.15) is 5.10 Å². The molecule has 56 valence electrons. The van der Waals surface area contributed by atoms with Crippen LogP contribution in [0.25, 0.3) is 11.1 Å². The third kappa shape index (κ3) is 1.17. The Morgan fingerprint density at radius 2 is 2.27 bits per heavy atom. The second kappa shape index (κ2) is 2.47. The molecule has 0 aliphatic heterocycles. The van der Waals surface area contributed by atoms with Crippen LogP contribution in [-0.2, 0) is 7.05 Å². The molecule has 0 bridgehead atoms. The van der Waals surface area contributed by atoms with Crippen molar-refractivity contribution in [1.29, 1.82) is 0 Å². The van der Waals surface area contributed by atoms with Gasteiger partial charge in [0.1, 0.15) is 0 Å². The van der Waals surface area contributed by atoms with Crippen LogP contribution in [0.3, 0.4) is 0 Å². The van der Waals surface area contributed by atoms with E-state index in [1.54, 1.807) is 4.68 Å². The first kappa shape index (κ1) is 6.54. The van der Waals surface area contributed by atoms with Crippen molar-refractivity contribution in [2.45, 2.75) is 0 Å². The first-order valence-electron chi connectivity index (χ1n) is 3.24. The van der Waals surface area contributed by atoms with Crippen molar-refractivity contribution >= 4 is 11.5 Å². The monoisotopic (exact) mass is 165 g/mol. The van der Waals surface area contributed by atoms with Crippen LogP contribution in [0.2, 0.25) is 0 Å². The smallest absolute Gasteiger partial charge is 0.0569 e. The summed E-state index contributed by atoms with van der Waals surface area (Å²) in [6.07, 6.45) is 5.66. The second-order valence-corrected chi connectivity index (χ2v) is 2.97. The Balaban J connectivity index is 2.45. The molecule has 3 nitrogen and oxygen atoms in total. The molecule has 0 saturated heterocycles. The summed E-state index contributed by atoms with van der Waals surface area (Å²) in [6.45, 7) is 0. The first-order valence-corrected chi connectivity index (χ1v) is 4.08. The zero-order chi connectivity index (χ0) is 7.68. The summed E-state index contributed by atoms with van der Waals surface area (Å²) in [6, 6.07) is 0. The fraction of sp³-hybridized carbons (Fsp3) is 0.143. The van der Waals surface area contributed by atoms with Crippen LogP contribution in [0, 0.1) is 0 Å². The minimum Gasteiger partial charge on any atom is -0.275 e. The zero-order valence-corrected chi connectivity index (χ0v) is 6.88. The minimum atomic E-state index is 1.13. The van der Waals surface area contributed by atoms with E-state index in [4.69, 9.17) is 0 Å². The second-order valence-electron chi connectivity index (χ2n) is 2.32. The maximum atomic E-state index is 4.07. The van der Waals surface area contributed by atoms with E-state index in [9.17, 15) is 0 Å². The van der Waals surface area contributed by atoms with Crippen LogP contribution in [0.5, 0.6) is 0 Å². The molecule has 0 fully saturated rings. The highest BCUT2D eigenvalue weighted by molar-refractivity contribution is 7.03. The lowest BCUT2D eigenvalue weighted by molar-refractivity contribution is 0.768. The lowest BCUT2D eigenvalue weighted by atomic mass is 10.2. The van der Waals surface area contributed by atoms with Crippen LogP contribution < -0.4 is 0 Å². The van der Waals surface area contributed by atoms with Crippen LogP contribution in [0.15, 0.2) is 24.0 Å². The van der Waals surface area contributed by atoms with Crippen LogP contribution in [0.4, 0.5) is 0 Å². The van der Waals surface area contributed by atoms with Gasteiger partial charge in [0.05, 0.1) is 6.20 Å². The van der Waals surface area contributed by atoms with Crippen molar-refractivity contribution in [3.8, 4) is 11.1 Å². The Morgan fingerprint density at radius 1 is 1.36 bits per heavy atom. The van der Waals surface area contributed by atoms with E-state index in [2.05, 4.69) is 9.47 Å². The summed E-state index contributed by atoms with van der Waals surface area (Å²) in [5.41, 5.74) is 2.27. The Hall–Kier alpha value is -1.16. The van der Waals surface area contributed by atoms with Crippen molar-refractivity contribution in [2.24, 2.45) is 7.05 Å². The zero-order valence-electron chi connectivity index (χ0n) is 6.06. The average molecular weight is 165 g/mol. The SMILES string of the molecule is Cn1cc(-c2cnsc2)cn1. The molecule has 0 amide bonds. The fourth-order valence-electron chi connectivity index (χ4n) is 0.918. The van der Waals surface area contributed by atoms with Gasteiger partial charge in [-0.15, -0.1) is 0 Å². The van der Waals surface area contributed by atoms with E-state index >= 15 is 0 Å². The van der Waals surface area contributed by atoms with Crippen molar-refractivity contribution in [3.63, 3.8) is 0 Å². The van der Waals surface area contributed by atoms with Gasteiger partial charge < -0.3 is 0 Å². The average Bonchev–Trinajstić information content (AvgIpc) is 2.55. The Kier molecular flexibility index (Phi) is 1.47. The van der Waals surface area contributed by atoms with Crippen molar-refractivity contribution in [3.05, 3.63) is 24.0 Å². The van der Waals surface area contributed by atoms with Gasteiger partial charge in [0.15, 0.2) is 0 Å². The summed E-state index contributed by atoms with van der Waals surface area (Å²) in [5, 5.41) is 6.08. The standard InChI is InChI=1S/C7H7N3S/c1-10-4-6(2-8-10)7-3-9-11-5-7/h2-5H,1H3. The summed E-state index contributed by atoms with van der Waals surface area (Å²) >= 11 is 1.46. The van der Waals surface area contributed by atoms with E-state index < -0.39 is 0 Å². The molecule has 0 spiro atoms. The molecule has 0 aromatic carbocycles. The third-order valence-corrected chi connectivity index (χ3v) is 2.06. The molecule has 0 N–H and O–H groups in total. The number of nitrogens with zero attached hydrogens (tertiary/aromatic N) is 3. The summed E-state index contributed by atoms with van der Waals surface area (Å²) in [5.74, 6) is 0. The third-order valence-electron chi connectivity index (χ3n) is 1.47. The van der Waals surface area contributed by atoms with Crippen molar-refractivity contribution < 1.29 is 0 Å². The van der Waals surface area contributed by atoms with Gasteiger partial charge in [0.25, 0.3) is 0 Å². The minimum absolute atomic E-state index is 1.13. The highest BCUT2D eigenvalue weighted by Crippen LogP contribution is 2.18. The fourth-order valence-corrected chi connectivity index (χ4v) is 1.46. The maximum absolute atomic E-state index is 4.07. The molecule has 0 aliphatic rings. The first-order chi connectivity index (χ1) is 5.36. The van der Waals surface area contributed by atoms with Gasteiger partial charge in [-0.3, -0.25) is 4.68 Å². The molecule has 0 saturated carbocycles. The highest BCUT2D eigenvalue weighted by atomic mass is 32.1. The van der Waals surface area contributed by atoms with Gasteiger partial charge in [0.2, 0.25) is 0 Å². The molecule has 0 unspecified atom stereocenters. The summed E-state index contributed by atoms with van der Waals surface area (Å²) < 4.78 is 5.80. The highest BCUT2D eigenvalue weighted by Gasteiger charge is 1.99. The molecule has 2 heterocycles. The van der Waals surface area contributed by atoms with Gasteiger partial charge in [-0.05, 0) is 11.5 Å². The van der Waals surface area contributed by atoms with E-state index in [-0.39, 0.29) is 0 Å². The van der Waals surface area contributed by atoms with Gasteiger partial charge >= 0.3 is 0 Å². The number of aryl methyl sites for hydroxylation is 1. The Labute approximate surface area is 68.5 Å². The van der Waals surface area contributed by atoms with E-state index in [1.165, 1.54) is 11.5 Å². The molecule has 0 atom stereocenters. The van der Waals surface area contributed by atoms with E-state index in [1.807, 2.05) is 31.0 Å². The Bertz CT molecular complexity index is 336. The van der Waals surface area contributed by atoms with Crippen LogP contribution >= 0.6 is 11.5 Å². The molecule has 2 aromatic rings. The van der Waals surface area contributed by atoms with E-state index in [0.717, 1.165) is 11.1 Å². The van der Waals surface area contributed by atoms with Crippen LogP contribution in [-0.4, -0.2) is 14.2 Å². The topological polar surface area (TPSA) is 30.7 Å². The van der Waals surface area contributed by atoms with Gasteiger partial charge in [-0.1, -0.05) is 0 Å². The molecule has 4 heteroatoms. The van der Waals surface area contributed by atoms with Crippen molar-refractivity contribution in [1.82, 2.24) is 14.2 Å². The summed E-state index contributed by atoms with van der Waals surface area (Å²) in [4.78, 5) is 0. The predicted molar refractivity (Wildman–Crippen MR) is 44.3 cm³/mol. The van der Waals surface area contributed by atoms with Crippen molar-refractivity contribution in [2.75, 3.05) is 0 Å².